The van der Waals surface area contributed by atoms with E-state index in [1.54, 1.807) is 10.7 Å². The van der Waals surface area contributed by atoms with Gasteiger partial charge >= 0.3 is 0 Å². The molecule has 0 amide bonds. The number of halogens is 3. The minimum atomic E-state index is -0.942. The molecule has 0 fully saturated rings. The average Bonchev–Trinajstić information content (AvgIpc) is 3.07. The Hall–Kier alpha value is -2.47. The zero-order chi connectivity index (χ0) is 17.7. The van der Waals surface area contributed by atoms with Gasteiger partial charge in [-0.15, -0.1) is 0 Å². The fourth-order valence-electron chi connectivity index (χ4n) is 3.18. The SMILES string of the molecule is CCOC1=CC(C)c2c1cnc1c(-c3ccc(F)c(F)c3)c(Cl)nn21. The summed E-state index contributed by atoms with van der Waals surface area (Å²) in [6, 6.07) is 3.62. The minimum absolute atomic E-state index is 0.0656. The molecule has 25 heavy (non-hydrogen) atoms. The lowest BCUT2D eigenvalue weighted by Gasteiger charge is -2.09. The monoisotopic (exact) mass is 361 g/mol. The quantitative estimate of drug-likeness (QED) is 0.671. The summed E-state index contributed by atoms with van der Waals surface area (Å²) in [7, 11) is 0. The molecule has 4 nitrogen and oxygen atoms in total. The number of hydrogen-bond acceptors (Lipinski definition) is 3. The molecule has 0 saturated heterocycles. The second-order valence-electron chi connectivity index (χ2n) is 5.84. The van der Waals surface area contributed by atoms with Crippen molar-refractivity contribution in [3.63, 3.8) is 0 Å². The van der Waals surface area contributed by atoms with Crippen LogP contribution in [0.5, 0.6) is 0 Å². The van der Waals surface area contributed by atoms with Gasteiger partial charge in [-0.2, -0.15) is 5.10 Å². The van der Waals surface area contributed by atoms with Crippen LogP contribution in [-0.2, 0) is 4.74 Å². The molecule has 2 heterocycles. The van der Waals surface area contributed by atoms with Crippen LogP contribution in [-0.4, -0.2) is 21.2 Å². The number of aromatic nitrogens is 3. The van der Waals surface area contributed by atoms with Crippen molar-refractivity contribution >= 4 is 23.0 Å². The van der Waals surface area contributed by atoms with E-state index in [0.29, 0.717) is 23.4 Å². The number of rotatable bonds is 3. The zero-order valence-electron chi connectivity index (χ0n) is 13.6. The topological polar surface area (TPSA) is 39.4 Å². The molecule has 7 heteroatoms. The number of benzene rings is 1. The Morgan fingerprint density at radius 2 is 2.08 bits per heavy atom. The van der Waals surface area contributed by atoms with Crippen LogP contribution in [0.15, 0.2) is 30.5 Å². The Morgan fingerprint density at radius 1 is 1.28 bits per heavy atom. The maximum atomic E-state index is 13.6. The van der Waals surface area contributed by atoms with Gasteiger partial charge in [0.15, 0.2) is 22.4 Å². The highest BCUT2D eigenvalue weighted by Gasteiger charge is 2.28. The van der Waals surface area contributed by atoms with Crippen molar-refractivity contribution in [1.82, 2.24) is 14.6 Å². The van der Waals surface area contributed by atoms with Crippen LogP contribution in [0, 0.1) is 11.6 Å². The van der Waals surface area contributed by atoms with Gasteiger partial charge in [0.1, 0.15) is 5.76 Å². The predicted octanol–water partition coefficient (Wildman–Crippen LogP) is 4.82. The number of allylic oxidation sites excluding steroid dienone is 1. The van der Waals surface area contributed by atoms with Gasteiger partial charge in [0, 0.05) is 12.1 Å². The van der Waals surface area contributed by atoms with Crippen molar-refractivity contribution in [3.8, 4) is 11.1 Å². The summed E-state index contributed by atoms with van der Waals surface area (Å²) in [5.41, 5.74) is 3.16. The Balaban J connectivity index is 1.94. The van der Waals surface area contributed by atoms with Crippen molar-refractivity contribution in [2.24, 2.45) is 0 Å². The number of nitrogens with zero attached hydrogens (tertiary/aromatic N) is 3. The maximum absolute atomic E-state index is 13.6. The second kappa shape index (κ2) is 5.81. The summed E-state index contributed by atoms with van der Waals surface area (Å²) in [6.45, 7) is 4.49. The summed E-state index contributed by atoms with van der Waals surface area (Å²) in [5, 5.41) is 4.56. The van der Waals surface area contributed by atoms with E-state index in [-0.39, 0.29) is 11.1 Å². The molecule has 1 aromatic carbocycles. The fourth-order valence-corrected chi connectivity index (χ4v) is 3.45. The number of hydrogen-bond donors (Lipinski definition) is 0. The summed E-state index contributed by atoms with van der Waals surface area (Å²) in [6.07, 6.45) is 3.71. The first-order valence-electron chi connectivity index (χ1n) is 7.88. The molecule has 128 valence electrons. The minimum Gasteiger partial charge on any atom is -0.493 e. The molecule has 2 aromatic heterocycles. The molecule has 0 saturated carbocycles. The Bertz CT molecular complexity index is 1030. The fraction of sp³-hybridized carbons (Fsp3) is 0.222. The third kappa shape index (κ3) is 2.40. The molecule has 0 aliphatic heterocycles. The van der Waals surface area contributed by atoms with E-state index >= 15 is 0 Å². The van der Waals surface area contributed by atoms with Gasteiger partial charge in [-0.05, 0) is 30.7 Å². The highest BCUT2D eigenvalue weighted by Crippen LogP contribution is 2.39. The van der Waals surface area contributed by atoms with E-state index in [1.165, 1.54) is 6.07 Å². The lowest BCUT2D eigenvalue weighted by atomic mass is 10.1. The van der Waals surface area contributed by atoms with Crippen molar-refractivity contribution in [2.75, 3.05) is 6.61 Å². The van der Waals surface area contributed by atoms with Gasteiger partial charge in [0.05, 0.1) is 23.4 Å². The Labute approximate surface area is 147 Å². The zero-order valence-corrected chi connectivity index (χ0v) is 14.3. The molecule has 1 aliphatic carbocycles. The Kier molecular flexibility index (Phi) is 3.72. The largest absolute Gasteiger partial charge is 0.493 e. The predicted molar refractivity (Wildman–Crippen MR) is 91.4 cm³/mol. The van der Waals surface area contributed by atoms with Crippen molar-refractivity contribution in [1.29, 1.82) is 0 Å². The van der Waals surface area contributed by atoms with Gasteiger partial charge in [-0.1, -0.05) is 24.6 Å². The lowest BCUT2D eigenvalue weighted by Crippen LogP contribution is -2.03. The van der Waals surface area contributed by atoms with E-state index in [9.17, 15) is 8.78 Å². The van der Waals surface area contributed by atoms with Crippen LogP contribution < -0.4 is 0 Å². The van der Waals surface area contributed by atoms with Crippen molar-refractivity contribution < 1.29 is 13.5 Å². The molecular formula is C18H14ClF2N3O. The molecular weight excluding hydrogens is 348 g/mol. The standard InChI is InChI=1S/C18H14ClF2N3O/c1-3-25-14-6-9(2)16-11(14)8-22-18-15(17(19)23-24(16)18)10-4-5-12(20)13(21)7-10/h4-9H,3H2,1-2H3. The first kappa shape index (κ1) is 16.0. The van der Waals surface area contributed by atoms with Crippen LogP contribution in [0.1, 0.15) is 31.0 Å². The van der Waals surface area contributed by atoms with Gasteiger partial charge < -0.3 is 4.74 Å². The number of ether oxygens (including phenoxy) is 1. The highest BCUT2D eigenvalue weighted by atomic mass is 35.5. The van der Waals surface area contributed by atoms with E-state index < -0.39 is 11.6 Å². The molecule has 0 N–H and O–H groups in total. The molecule has 1 atom stereocenters. The van der Waals surface area contributed by atoms with E-state index in [2.05, 4.69) is 10.1 Å². The van der Waals surface area contributed by atoms with Gasteiger partial charge in [-0.3, -0.25) is 0 Å². The average molecular weight is 362 g/mol. The van der Waals surface area contributed by atoms with Crippen LogP contribution >= 0.6 is 11.6 Å². The molecule has 1 aliphatic rings. The maximum Gasteiger partial charge on any atom is 0.164 e. The normalized spacial score (nSPS) is 16.2. The van der Waals surface area contributed by atoms with Gasteiger partial charge in [0.2, 0.25) is 0 Å². The lowest BCUT2D eigenvalue weighted by molar-refractivity contribution is 0.298. The van der Waals surface area contributed by atoms with Gasteiger partial charge in [0.25, 0.3) is 0 Å². The molecule has 0 bridgehead atoms. The van der Waals surface area contributed by atoms with E-state index in [1.807, 2.05) is 19.9 Å². The van der Waals surface area contributed by atoms with Crippen LogP contribution in [0.25, 0.3) is 22.5 Å². The third-order valence-electron chi connectivity index (χ3n) is 4.24. The molecule has 0 radical (unpaired) electrons. The van der Waals surface area contributed by atoms with Gasteiger partial charge in [-0.25, -0.2) is 18.3 Å². The smallest absolute Gasteiger partial charge is 0.164 e. The van der Waals surface area contributed by atoms with Crippen molar-refractivity contribution in [2.45, 2.75) is 19.8 Å². The first-order chi connectivity index (χ1) is 12.0. The first-order valence-corrected chi connectivity index (χ1v) is 8.26. The van der Waals surface area contributed by atoms with Crippen LogP contribution in [0.4, 0.5) is 8.78 Å². The van der Waals surface area contributed by atoms with E-state index in [0.717, 1.165) is 29.1 Å². The number of fused-ring (bicyclic) bond motifs is 3. The van der Waals surface area contributed by atoms with Crippen LogP contribution in [0.3, 0.4) is 0 Å². The second-order valence-corrected chi connectivity index (χ2v) is 6.20. The molecule has 4 rings (SSSR count). The summed E-state index contributed by atoms with van der Waals surface area (Å²) >= 11 is 6.30. The highest BCUT2D eigenvalue weighted by molar-refractivity contribution is 6.33. The molecule has 1 unspecified atom stereocenters. The molecule has 3 aromatic rings. The van der Waals surface area contributed by atoms with E-state index in [4.69, 9.17) is 16.3 Å². The summed E-state index contributed by atoms with van der Waals surface area (Å²) in [5.74, 6) is -1.02. The summed E-state index contributed by atoms with van der Waals surface area (Å²) < 4.78 is 34.2. The Morgan fingerprint density at radius 3 is 2.80 bits per heavy atom. The third-order valence-corrected chi connectivity index (χ3v) is 4.51. The summed E-state index contributed by atoms with van der Waals surface area (Å²) in [4.78, 5) is 4.45. The van der Waals surface area contributed by atoms with Crippen LogP contribution in [0.2, 0.25) is 5.15 Å². The van der Waals surface area contributed by atoms with Crippen molar-refractivity contribution in [3.05, 3.63) is 58.5 Å². The molecule has 0 spiro atoms.